The summed E-state index contributed by atoms with van der Waals surface area (Å²) in [5.41, 5.74) is 0.899. The normalized spacial score (nSPS) is 19.7. The molecule has 0 atom stereocenters. The van der Waals surface area contributed by atoms with E-state index >= 15 is 0 Å². The summed E-state index contributed by atoms with van der Waals surface area (Å²) in [4.78, 5) is 26.8. The molecule has 1 aromatic heterocycles. The molecule has 0 spiro atoms. The molecule has 2 heterocycles. The first kappa shape index (κ1) is 16.2. The summed E-state index contributed by atoms with van der Waals surface area (Å²) in [5, 5.41) is 2.95. The topological polar surface area (TPSA) is 54.3 Å². The van der Waals surface area contributed by atoms with Crippen LogP contribution >= 0.6 is 0 Å². The summed E-state index contributed by atoms with van der Waals surface area (Å²) >= 11 is 0. The lowest BCUT2D eigenvalue weighted by Gasteiger charge is -2.32. The van der Waals surface area contributed by atoms with Crippen LogP contribution in [0.15, 0.2) is 17.1 Å². The molecule has 23 heavy (non-hydrogen) atoms. The molecule has 1 saturated carbocycles. The van der Waals surface area contributed by atoms with Crippen molar-refractivity contribution in [3.63, 3.8) is 0 Å². The number of nitrogens with one attached hydrogen (secondary N) is 1. The van der Waals surface area contributed by atoms with Crippen LogP contribution in [0, 0.1) is 18.8 Å². The molecule has 5 heteroatoms. The number of hydrogen-bond donors (Lipinski definition) is 1. The lowest BCUT2D eigenvalue weighted by atomic mass is 9.96. The number of hydrogen-bond acceptors (Lipinski definition) is 3. The third kappa shape index (κ3) is 4.22. The van der Waals surface area contributed by atoms with Gasteiger partial charge in [0.2, 0.25) is 0 Å². The van der Waals surface area contributed by atoms with Gasteiger partial charge in [-0.1, -0.05) is 0 Å². The molecule has 1 saturated heterocycles. The largest absolute Gasteiger partial charge is 0.354 e. The fourth-order valence-electron chi connectivity index (χ4n) is 3.27. The van der Waals surface area contributed by atoms with Crippen molar-refractivity contribution in [1.82, 2.24) is 14.8 Å². The van der Waals surface area contributed by atoms with E-state index in [9.17, 15) is 9.59 Å². The first-order chi connectivity index (χ1) is 11.0. The summed E-state index contributed by atoms with van der Waals surface area (Å²) in [6, 6.07) is 1.52. The van der Waals surface area contributed by atoms with Crippen LogP contribution in [0.5, 0.6) is 0 Å². The number of amides is 1. The first-order valence-corrected chi connectivity index (χ1v) is 8.71. The van der Waals surface area contributed by atoms with Crippen molar-refractivity contribution in [2.45, 2.75) is 32.6 Å². The lowest BCUT2D eigenvalue weighted by molar-refractivity contribution is 0.0933. The van der Waals surface area contributed by atoms with E-state index in [2.05, 4.69) is 10.2 Å². The quantitative estimate of drug-likeness (QED) is 0.896. The maximum Gasteiger partial charge on any atom is 0.256 e. The van der Waals surface area contributed by atoms with Crippen LogP contribution < -0.4 is 10.7 Å². The molecule has 1 N–H and O–H groups in total. The molecule has 5 nitrogen and oxygen atoms in total. The van der Waals surface area contributed by atoms with Gasteiger partial charge in [-0.25, -0.2) is 0 Å². The average molecular weight is 317 g/mol. The Morgan fingerprint density at radius 3 is 2.57 bits per heavy atom. The Bertz CT molecular complexity index is 626. The molecule has 0 aromatic carbocycles. The van der Waals surface area contributed by atoms with E-state index in [-0.39, 0.29) is 16.9 Å². The summed E-state index contributed by atoms with van der Waals surface area (Å²) in [6.07, 6.45) is 6.71. The minimum atomic E-state index is -0.244. The summed E-state index contributed by atoms with van der Waals surface area (Å²) in [7, 11) is 1.85. The minimum Gasteiger partial charge on any atom is -0.354 e. The maximum atomic E-state index is 12.3. The summed E-state index contributed by atoms with van der Waals surface area (Å²) in [6.45, 7) is 6.08. The summed E-state index contributed by atoms with van der Waals surface area (Å²) in [5.74, 6) is 1.23. The van der Waals surface area contributed by atoms with Crippen LogP contribution in [-0.2, 0) is 7.05 Å². The van der Waals surface area contributed by atoms with E-state index in [1.165, 1.54) is 25.5 Å². The van der Waals surface area contributed by atoms with Gasteiger partial charge in [0, 0.05) is 38.1 Å². The van der Waals surface area contributed by atoms with E-state index in [0.717, 1.165) is 37.5 Å². The fraction of sp³-hybridized carbons (Fsp3) is 0.667. The zero-order chi connectivity index (χ0) is 16.4. The second kappa shape index (κ2) is 6.87. The monoisotopic (exact) mass is 317 g/mol. The average Bonchev–Trinajstić information content (AvgIpc) is 3.34. The molecule has 1 aliphatic carbocycles. The molecule has 126 valence electrons. The Labute approximate surface area is 137 Å². The highest BCUT2D eigenvalue weighted by Gasteiger charge is 2.27. The molecular weight excluding hydrogens is 290 g/mol. The van der Waals surface area contributed by atoms with Crippen molar-refractivity contribution >= 4 is 5.91 Å². The second-order valence-electron chi connectivity index (χ2n) is 7.20. The Hall–Kier alpha value is -1.62. The molecular formula is C18H27N3O2. The van der Waals surface area contributed by atoms with Crippen molar-refractivity contribution in [3.05, 3.63) is 33.7 Å². The van der Waals surface area contributed by atoms with Crippen LogP contribution in [0.1, 0.15) is 41.7 Å². The smallest absolute Gasteiger partial charge is 0.256 e. The molecule has 2 fully saturated rings. The van der Waals surface area contributed by atoms with Gasteiger partial charge in [0.15, 0.2) is 5.43 Å². The number of carbonyl (C=O) groups is 1. The first-order valence-electron chi connectivity index (χ1n) is 8.71. The van der Waals surface area contributed by atoms with Gasteiger partial charge in [0.1, 0.15) is 5.56 Å². The Morgan fingerprint density at radius 1 is 1.22 bits per heavy atom. The Balaban J connectivity index is 1.48. The predicted octanol–water partition coefficient (Wildman–Crippen LogP) is 1.55. The van der Waals surface area contributed by atoms with Gasteiger partial charge >= 0.3 is 0 Å². The number of carbonyl (C=O) groups excluding carboxylic acids is 1. The predicted molar refractivity (Wildman–Crippen MR) is 90.6 cm³/mol. The highest BCUT2D eigenvalue weighted by Crippen LogP contribution is 2.31. The molecule has 1 aliphatic heterocycles. The third-order valence-corrected chi connectivity index (χ3v) is 5.20. The van der Waals surface area contributed by atoms with Gasteiger partial charge in [-0.2, -0.15) is 0 Å². The van der Waals surface area contributed by atoms with Gasteiger partial charge < -0.3 is 14.8 Å². The van der Waals surface area contributed by atoms with E-state index in [1.807, 2.05) is 18.5 Å². The zero-order valence-electron chi connectivity index (χ0n) is 14.2. The number of likely N-dealkylation sites (tertiary alicyclic amines) is 1. The Morgan fingerprint density at radius 2 is 1.91 bits per heavy atom. The molecule has 3 rings (SSSR count). The number of pyridine rings is 1. The zero-order valence-corrected chi connectivity index (χ0v) is 14.2. The highest BCUT2D eigenvalue weighted by atomic mass is 16.2. The van der Waals surface area contributed by atoms with E-state index in [0.29, 0.717) is 12.5 Å². The van der Waals surface area contributed by atoms with Crippen molar-refractivity contribution in [2.75, 3.05) is 26.2 Å². The lowest BCUT2D eigenvalue weighted by Crippen LogP contribution is -2.40. The van der Waals surface area contributed by atoms with Gasteiger partial charge in [-0.3, -0.25) is 9.59 Å². The van der Waals surface area contributed by atoms with E-state index in [4.69, 9.17) is 0 Å². The molecule has 0 radical (unpaired) electrons. The van der Waals surface area contributed by atoms with Crippen molar-refractivity contribution < 1.29 is 4.79 Å². The molecule has 2 aliphatic rings. The maximum absolute atomic E-state index is 12.3. The SMILES string of the molecule is Cc1cc(=O)c(C(=O)NCC2CCN(CC3CC3)CC2)cn1C. The van der Waals surface area contributed by atoms with Gasteiger partial charge in [0.25, 0.3) is 5.91 Å². The second-order valence-corrected chi connectivity index (χ2v) is 7.20. The van der Waals surface area contributed by atoms with Gasteiger partial charge in [-0.05, 0) is 57.5 Å². The van der Waals surface area contributed by atoms with Gasteiger partial charge in [0.05, 0.1) is 0 Å². The highest BCUT2D eigenvalue weighted by molar-refractivity contribution is 5.93. The van der Waals surface area contributed by atoms with Crippen LogP contribution in [0.25, 0.3) is 0 Å². The van der Waals surface area contributed by atoms with Gasteiger partial charge in [-0.15, -0.1) is 0 Å². The molecule has 1 aromatic rings. The number of aromatic nitrogens is 1. The minimum absolute atomic E-state index is 0.197. The van der Waals surface area contributed by atoms with Crippen LogP contribution in [0.4, 0.5) is 0 Å². The molecule has 0 unspecified atom stereocenters. The standard InChI is InChI=1S/C18H27N3O2/c1-13-9-17(22)16(12-20(13)2)18(23)19-10-14-5-7-21(8-6-14)11-15-3-4-15/h9,12,14-15H,3-8,10-11H2,1-2H3,(H,19,23). The number of aryl methyl sites for hydroxylation is 2. The number of piperidine rings is 1. The number of nitrogens with zero attached hydrogens (tertiary/aromatic N) is 2. The van der Waals surface area contributed by atoms with E-state index < -0.39 is 0 Å². The molecule has 0 bridgehead atoms. The van der Waals surface area contributed by atoms with Crippen LogP contribution in [0.3, 0.4) is 0 Å². The van der Waals surface area contributed by atoms with Crippen LogP contribution in [-0.4, -0.2) is 41.6 Å². The van der Waals surface area contributed by atoms with Crippen molar-refractivity contribution in [2.24, 2.45) is 18.9 Å². The number of rotatable bonds is 5. The third-order valence-electron chi connectivity index (χ3n) is 5.20. The van der Waals surface area contributed by atoms with E-state index in [1.54, 1.807) is 6.20 Å². The fourth-order valence-corrected chi connectivity index (χ4v) is 3.27. The Kier molecular flexibility index (Phi) is 4.85. The van der Waals surface area contributed by atoms with Crippen molar-refractivity contribution in [1.29, 1.82) is 0 Å². The van der Waals surface area contributed by atoms with Crippen molar-refractivity contribution in [3.8, 4) is 0 Å². The van der Waals surface area contributed by atoms with Crippen LogP contribution in [0.2, 0.25) is 0 Å². The summed E-state index contributed by atoms with van der Waals surface area (Å²) < 4.78 is 1.81. The molecule has 1 amide bonds.